The van der Waals surface area contributed by atoms with Crippen LogP contribution < -0.4 is 10.1 Å². The van der Waals surface area contributed by atoms with Gasteiger partial charge in [0.15, 0.2) is 0 Å². The molecule has 0 aliphatic carbocycles. The molecule has 0 aliphatic rings. The summed E-state index contributed by atoms with van der Waals surface area (Å²) in [4.78, 5) is 16.7. The molecule has 1 aromatic heterocycles. The molecule has 0 unspecified atom stereocenters. The molecule has 0 aliphatic heterocycles. The maximum Gasteiger partial charge on any atom is 0.271 e. The maximum atomic E-state index is 12.3. The molecule has 5 heteroatoms. The Morgan fingerprint density at radius 3 is 2.65 bits per heavy atom. The average molecular weight is 324 g/mol. The number of rotatable bonds is 5. The molecular weight excluding hydrogens is 308 g/mol. The largest absolute Gasteiger partial charge is 0.496 e. The summed E-state index contributed by atoms with van der Waals surface area (Å²) in [6.45, 7) is 0.404. The van der Waals surface area contributed by atoms with Gasteiger partial charge in [0.1, 0.15) is 16.5 Å². The van der Waals surface area contributed by atoms with Crippen molar-refractivity contribution in [3.63, 3.8) is 0 Å². The third kappa shape index (κ3) is 3.57. The van der Waals surface area contributed by atoms with Crippen LogP contribution in [-0.4, -0.2) is 18.0 Å². The second-order valence-electron chi connectivity index (χ2n) is 4.90. The van der Waals surface area contributed by atoms with Crippen LogP contribution in [0.25, 0.3) is 10.6 Å². The summed E-state index contributed by atoms with van der Waals surface area (Å²) in [6.07, 6.45) is 0. The van der Waals surface area contributed by atoms with Crippen LogP contribution in [0.1, 0.15) is 16.1 Å². The Balaban J connectivity index is 1.68. The Morgan fingerprint density at radius 1 is 1.13 bits per heavy atom. The molecule has 0 fully saturated rings. The quantitative estimate of drug-likeness (QED) is 0.777. The lowest BCUT2D eigenvalue weighted by Crippen LogP contribution is -2.23. The van der Waals surface area contributed by atoms with E-state index in [1.54, 1.807) is 12.5 Å². The number of nitrogens with one attached hydrogen (secondary N) is 1. The van der Waals surface area contributed by atoms with Crippen molar-refractivity contribution in [1.29, 1.82) is 0 Å². The van der Waals surface area contributed by atoms with Crippen LogP contribution in [0, 0.1) is 0 Å². The highest BCUT2D eigenvalue weighted by Crippen LogP contribution is 2.23. The number of hydrogen-bond acceptors (Lipinski definition) is 4. The van der Waals surface area contributed by atoms with E-state index < -0.39 is 0 Å². The minimum atomic E-state index is -0.186. The van der Waals surface area contributed by atoms with Gasteiger partial charge in [-0.25, -0.2) is 4.98 Å². The van der Waals surface area contributed by atoms with Gasteiger partial charge in [-0.05, 0) is 6.07 Å². The first-order valence-electron chi connectivity index (χ1n) is 7.19. The molecule has 3 rings (SSSR count). The Kier molecular flexibility index (Phi) is 4.68. The van der Waals surface area contributed by atoms with E-state index in [4.69, 9.17) is 4.74 Å². The lowest BCUT2D eigenvalue weighted by Gasteiger charge is -2.08. The fourth-order valence-electron chi connectivity index (χ4n) is 2.21. The van der Waals surface area contributed by atoms with E-state index in [-0.39, 0.29) is 5.91 Å². The Labute approximate surface area is 138 Å². The molecule has 1 N–H and O–H groups in total. The van der Waals surface area contributed by atoms with Gasteiger partial charge in [-0.15, -0.1) is 11.3 Å². The van der Waals surface area contributed by atoms with Crippen LogP contribution in [0.2, 0.25) is 0 Å². The minimum Gasteiger partial charge on any atom is -0.496 e. The van der Waals surface area contributed by atoms with Crippen molar-refractivity contribution in [2.45, 2.75) is 6.54 Å². The van der Waals surface area contributed by atoms with Gasteiger partial charge in [-0.1, -0.05) is 48.5 Å². The Hall–Kier alpha value is -2.66. The van der Waals surface area contributed by atoms with Gasteiger partial charge in [-0.3, -0.25) is 4.79 Å². The summed E-state index contributed by atoms with van der Waals surface area (Å²) in [5, 5.41) is 5.50. The highest BCUT2D eigenvalue weighted by molar-refractivity contribution is 7.13. The first-order valence-corrected chi connectivity index (χ1v) is 8.07. The summed E-state index contributed by atoms with van der Waals surface area (Å²) in [5.74, 6) is 0.574. The second-order valence-corrected chi connectivity index (χ2v) is 5.76. The first kappa shape index (κ1) is 15.2. The molecule has 0 saturated carbocycles. The van der Waals surface area contributed by atoms with Crippen LogP contribution in [0.4, 0.5) is 0 Å². The number of carbonyl (C=O) groups is 1. The Bertz CT molecular complexity index is 800. The van der Waals surface area contributed by atoms with Crippen LogP contribution in [-0.2, 0) is 6.54 Å². The van der Waals surface area contributed by atoms with E-state index in [0.717, 1.165) is 21.9 Å². The van der Waals surface area contributed by atoms with Gasteiger partial charge < -0.3 is 10.1 Å². The zero-order valence-electron chi connectivity index (χ0n) is 12.7. The predicted molar refractivity (Wildman–Crippen MR) is 91.7 cm³/mol. The zero-order chi connectivity index (χ0) is 16.1. The summed E-state index contributed by atoms with van der Waals surface area (Å²) in [6, 6.07) is 17.4. The first-order chi connectivity index (χ1) is 11.3. The second kappa shape index (κ2) is 7.07. The number of methoxy groups -OCH3 is 1. The van der Waals surface area contributed by atoms with Crippen molar-refractivity contribution in [1.82, 2.24) is 10.3 Å². The lowest BCUT2D eigenvalue weighted by atomic mass is 10.2. The highest BCUT2D eigenvalue weighted by atomic mass is 32.1. The van der Waals surface area contributed by atoms with Gasteiger partial charge in [0.05, 0.1) is 7.11 Å². The van der Waals surface area contributed by atoms with Crippen molar-refractivity contribution in [3.05, 3.63) is 71.2 Å². The molecular formula is C18H16N2O2S. The summed E-state index contributed by atoms with van der Waals surface area (Å²) < 4.78 is 5.28. The van der Waals surface area contributed by atoms with Gasteiger partial charge >= 0.3 is 0 Å². The van der Waals surface area contributed by atoms with Crippen molar-refractivity contribution < 1.29 is 9.53 Å². The predicted octanol–water partition coefficient (Wildman–Crippen LogP) is 3.75. The molecule has 0 atom stereocenters. The van der Waals surface area contributed by atoms with Crippen molar-refractivity contribution >= 4 is 17.2 Å². The molecule has 0 radical (unpaired) electrons. The highest BCUT2D eigenvalue weighted by Gasteiger charge is 2.12. The number of para-hydroxylation sites is 1. The fraction of sp³-hybridized carbons (Fsp3) is 0.111. The minimum absolute atomic E-state index is 0.186. The number of benzene rings is 2. The third-order valence-electron chi connectivity index (χ3n) is 3.39. The number of aromatic nitrogens is 1. The van der Waals surface area contributed by atoms with Gasteiger partial charge in [0, 0.05) is 23.1 Å². The average Bonchev–Trinajstić information content (AvgIpc) is 3.11. The molecule has 23 heavy (non-hydrogen) atoms. The van der Waals surface area contributed by atoms with Gasteiger partial charge in [0.25, 0.3) is 5.91 Å². The molecule has 0 bridgehead atoms. The van der Waals surface area contributed by atoms with E-state index >= 15 is 0 Å². The SMILES string of the molecule is COc1ccccc1CNC(=O)c1csc(-c2ccccc2)n1. The number of amides is 1. The molecule has 2 aromatic carbocycles. The summed E-state index contributed by atoms with van der Waals surface area (Å²) in [5.41, 5.74) is 2.38. The van der Waals surface area contributed by atoms with Crippen molar-refractivity contribution in [2.75, 3.05) is 7.11 Å². The van der Waals surface area contributed by atoms with E-state index in [9.17, 15) is 4.79 Å². The number of thiazole rings is 1. The van der Waals surface area contributed by atoms with E-state index in [1.807, 2.05) is 54.6 Å². The van der Waals surface area contributed by atoms with E-state index in [1.165, 1.54) is 11.3 Å². The molecule has 0 saturated heterocycles. The topological polar surface area (TPSA) is 51.2 Å². The van der Waals surface area contributed by atoms with Crippen LogP contribution in [0.5, 0.6) is 5.75 Å². The number of carbonyl (C=O) groups excluding carboxylic acids is 1. The van der Waals surface area contributed by atoms with E-state index in [0.29, 0.717) is 12.2 Å². The van der Waals surface area contributed by atoms with Crippen LogP contribution in [0.15, 0.2) is 60.0 Å². The smallest absolute Gasteiger partial charge is 0.271 e. The summed E-state index contributed by atoms with van der Waals surface area (Å²) >= 11 is 1.46. The van der Waals surface area contributed by atoms with Crippen LogP contribution >= 0.6 is 11.3 Å². The monoisotopic (exact) mass is 324 g/mol. The molecule has 1 amide bonds. The number of hydrogen-bond donors (Lipinski definition) is 1. The van der Waals surface area contributed by atoms with Crippen molar-refractivity contribution in [2.24, 2.45) is 0 Å². The molecule has 3 aromatic rings. The third-order valence-corrected chi connectivity index (χ3v) is 4.28. The fourth-order valence-corrected chi connectivity index (χ4v) is 3.01. The molecule has 0 spiro atoms. The van der Waals surface area contributed by atoms with Crippen LogP contribution in [0.3, 0.4) is 0 Å². The lowest BCUT2D eigenvalue weighted by molar-refractivity contribution is 0.0946. The maximum absolute atomic E-state index is 12.3. The van der Waals surface area contributed by atoms with Gasteiger partial charge in [-0.2, -0.15) is 0 Å². The molecule has 1 heterocycles. The summed E-state index contributed by atoms with van der Waals surface area (Å²) in [7, 11) is 1.62. The molecule has 116 valence electrons. The Morgan fingerprint density at radius 2 is 1.87 bits per heavy atom. The normalized spacial score (nSPS) is 10.3. The number of ether oxygens (including phenoxy) is 1. The zero-order valence-corrected chi connectivity index (χ0v) is 13.5. The van der Waals surface area contributed by atoms with Gasteiger partial charge in [0.2, 0.25) is 0 Å². The van der Waals surface area contributed by atoms with Crippen molar-refractivity contribution in [3.8, 4) is 16.3 Å². The number of nitrogens with zero attached hydrogens (tertiary/aromatic N) is 1. The molecule has 4 nitrogen and oxygen atoms in total. The standard InChI is InChI=1S/C18H16N2O2S/c1-22-16-10-6-5-9-14(16)11-19-17(21)15-12-23-18(20-15)13-7-3-2-4-8-13/h2-10,12H,11H2,1H3,(H,19,21). The van der Waals surface area contributed by atoms with E-state index in [2.05, 4.69) is 10.3 Å².